The SMILES string of the molecule is CCN(CC)c1cc(Nc2nc(Nc3cc(N(CC)CC)c(OC)cc3N=Nc3nc(N4CCCCC4)c(C(C(C)=O)C(=O)Nc4ccc(S(=O)(=O)O)cc4)s3)nc(N(CCO)CCO)n2)c(N=Nc2nc(N3CCCCC3)c(/C=C(\C(C)=O)C(=O)Nc3ccc(S(=O)(=O)O)cc3)s2)cc1OC. The van der Waals surface area contributed by atoms with Crippen molar-refractivity contribution in [2.45, 2.75) is 95.8 Å². The van der Waals surface area contributed by atoms with Gasteiger partial charge in [0.15, 0.2) is 5.78 Å². The van der Waals surface area contributed by atoms with Gasteiger partial charge in [-0.25, -0.2) is 0 Å². The number of aliphatic hydroxyl groups is 2. The van der Waals surface area contributed by atoms with Crippen LogP contribution in [-0.4, -0.2) is 177 Å². The van der Waals surface area contributed by atoms with Gasteiger partial charge in [-0.2, -0.15) is 41.8 Å². The zero-order valence-corrected chi connectivity index (χ0v) is 60.8. The number of amides is 2. The minimum absolute atomic E-state index is 0.00631. The summed E-state index contributed by atoms with van der Waals surface area (Å²) in [4.78, 5) is 89.1. The Balaban J connectivity index is 1.13. The van der Waals surface area contributed by atoms with Crippen molar-refractivity contribution in [3.63, 3.8) is 0 Å². The number of azo groups is 2. The van der Waals surface area contributed by atoms with Gasteiger partial charge in [0.25, 0.3) is 26.1 Å². The highest BCUT2D eigenvalue weighted by atomic mass is 32.2. The normalized spacial score (nSPS) is 14.0. The molecule has 8 N–H and O–H groups in total. The lowest BCUT2D eigenvalue weighted by Crippen LogP contribution is -2.32. The molecule has 9 rings (SSSR count). The molecule has 2 fully saturated rings. The number of methoxy groups -OCH3 is 2. The number of aliphatic hydroxyl groups excluding tert-OH is 2. The number of ether oxygens (including phenoxy) is 2. The standard InChI is InChI=1S/C66H82N18O14S4/c1-9-80(10-2)51-36-47(49(38-53(51)97-7)76-78-65-71-58(82-27-15-13-16-28-82)55(99-65)35-46(40(5)87)60(89)67-42-19-23-44(24-20-42)101(91,92)93)69-62-73-63(75-64(74-62)84(31-33-85)32-34-86)70-48-37-52(81(11-3)12-4)54(98-8)39-50(48)77-79-66-72-59(83-29-17-14-18-30-83)57(100-66)56(41(6)88)61(90)68-43-21-25-45(26-22-43)102(94,95)96/h19-26,35-39,56,85-86H,9-18,27-34H2,1-8H3,(H,67,89)(H,68,90)(H,91,92,93)(H,94,95,96)(H2,69,70,73,74,75)/b46-35+,78-76?,79-77?. The number of hydrogen-bond donors (Lipinski definition) is 8. The van der Waals surface area contributed by atoms with Crippen LogP contribution in [0.1, 0.15) is 95.7 Å². The van der Waals surface area contributed by atoms with Gasteiger partial charge in [0.1, 0.15) is 46.2 Å². The van der Waals surface area contributed by atoms with Gasteiger partial charge < -0.3 is 65.5 Å². The van der Waals surface area contributed by atoms with Gasteiger partial charge in [0, 0.05) is 89.0 Å². The maximum absolute atomic E-state index is 14.2. The number of ketones is 2. The Morgan fingerprint density at radius 1 is 0.588 bits per heavy atom. The second kappa shape index (κ2) is 34.8. The molecule has 36 heteroatoms. The molecule has 2 aliphatic rings. The third-order valence-electron chi connectivity index (χ3n) is 16.6. The molecule has 1 unspecified atom stereocenters. The Bertz CT molecular complexity index is 4470. The fourth-order valence-electron chi connectivity index (χ4n) is 11.5. The fraction of sp³-hybridized carbons (Fsp3) is 0.409. The van der Waals surface area contributed by atoms with E-state index in [1.807, 2.05) is 32.6 Å². The zero-order chi connectivity index (χ0) is 73.4. The van der Waals surface area contributed by atoms with Crippen molar-refractivity contribution in [2.75, 3.05) is 139 Å². The van der Waals surface area contributed by atoms with Crippen LogP contribution in [0.25, 0.3) is 6.08 Å². The van der Waals surface area contributed by atoms with Gasteiger partial charge in [-0.05, 0) is 147 Å². The molecule has 0 radical (unpaired) electrons. The molecular weight excluding hydrogens is 1400 g/mol. The Kier molecular flexibility index (Phi) is 26.1. The number of carbonyl (C=O) groups is 4. The number of nitrogens with one attached hydrogen (secondary N) is 4. The van der Waals surface area contributed by atoms with Crippen molar-refractivity contribution in [3.8, 4) is 11.5 Å². The van der Waals surface area contributed by atoms with Gasteiger partial charge in [0.2, 0.25) is 34.0 Å². The Hall–Kier alpha value is -9.69. The third kappa shape index (κ3) is 19.1. The second-order valence-corrected chi connectivity index (χ2v) is 28.2. The predicted molar refractivity (Wildman–Crippen MR) is 392 cm³/mol. The molecule has 102 heavy (non-hydrogen) atoms. The van der Waals surface area contributed by atoms with Gasteiger partial charge in [-0.1, -0.05) is 22.7 Å². The number of aromatic nitrogens is 5. The quantitative estimate of drug-likeness (QED) is 0.00623. The molecule has 0 saturated carbocycles. The molecule has 0 bridgehead atoms. The van der Waals surface area contributed by atoms with Crippen LogP contribution in [0, 0.1) is 0 Å². The first-order valence-electron chi connectivity index (χ1n) is 33.0. The summed E-state index contributed by atoms with van der Waals surface area (Å²) in [5.41, 5.74) is 2.48. The molecule has 2 aliphatic heterocycles. The summed E-state index contributed by atoms with van der Waals surface area (Å²) >= 11 is 2.08. The predicted octanol–water partition coefficient (Wildman–Crippen LogP) is 11.0. The van der Waals surface area contributed by atoms with E-state index in [2.05, 4.69) is 46.2 Å². The van der Waals surface area contributed by atoms with E-state index in [-0.39, 0.29) is 92.5 Å². The summed E-state index contributed by atoms with van der Waals surface area (Å²) in [6.07, 6.45) is 6.77. The number of carbonyl (C=O) groups excluding carboxylic acids is 4. The van der Waals surface area contributed by atoms with Crippen molar-refractivity contribution in [2.24, 2.45) is 20.5 Å². The Morgan fingerprint density at radius 3 is 1.45 bits per heavy atom. The monoisotopic (exact) mass is 1480 g/mol. The van der Waals surface area contributed by atoms with E-state index < -0.39 is 49.5 Å². The molecule has 7 aromatic rings. The fourth-order valence-corrected chi connectivity index (χ4v) is 14.4. The van der Waals surface area contributed by atoms with Gasteiger partial charge in [0.05, 0.1) is 75.3 Å². The summed E-state index contributed by atoms with van der Waals surface area (Å²) in [7, 11) is -5.98. The largest absolute Gasteiger partial charge is 0.494 e. The lowest BCUT2D eigenvalue weighted by atomic mass is 10.0. The van der Waals surface area contributed by atoms with Crippen LogP contribution < -0.4 is 55.2 Å². The number of benzene rings is 4. The average molecular weight is 1480 g/mol. The van der Waals surface area contributed by atoms with Crippen LogP contribution in [0.3, 0.4) is 0 Å². The Morgan fingerprint density at radius 2 is 1.03 bits per heavy atom. The number of hydrogen-bond acceptors (Lipinski definition) is 30. The van der Waals surface area contributed by atoms with E-state index in [1.165, 1.54) is 58.4 Å². The van der Waals surface area contributed by atoms with Crippen LogP contribution in [0.5, 0.6) is 11.5 Å². The molecule has 0 aliphatic carbocycles. The van der Waals surface area contributed by atoms with Gasteiger partial charge in [-0.3, -0.25) is 28.3 Å². The van der Waals surface area contributed by atoms with Crippen LogP contribution >= 0.6 is 22.7 Å². The molecule has 32 nitrogen and oxygen atoms in total. The van der Waals surface area contributed by atoms with Crippen LogP contribution in [0.15, 0.2) is 109 Å². The van der Waals surface area contributed by atoms with E-state index in [9.17, 15) is 55.3 Å². The van der Waals surface area contributed by atoms with Crippen molar-refractivity contribution in [1.82, 2.24) is 24.9 Å². The molecule has 5 heterocycles. The second-order valence-electron chi connectivity index (χ2n) is 23.4. The minimum atomic E-state index is -4.52. The van der Waals surface area contributed by atoms with Crippen LogP contribution in [-0.2, 0) is 39.4 Å². The zero-order valence-electron chi connectivity index (χ0n) is 57.6. The maximum atomic E-state index is 14.2. The molecule has 2 amide bonds. The first kappa shape index (κ1) is 76.5. The van der Waals surface area contributed by atoms with Crippen LogP contribution in [0.4, 0.5) is 85.2 Å². The van der Waals surface area contributed by atoms with E-state index in [1.54, 1.807) is 29.2 Å². The summed E-state index contributed by atoms with van der Waals surface area (Å²) in [5, 5.41) is 51.9. The highest BCUT2D eigenvalue weighted by Gasteiger charge is 2.34. The molecule has 2 saturated heterocycles. The lowest BCUT2D eigenvalue weighted by Gasteiger charge is -2.28. The van der Waals surface area contributed by atoms with E-state index in [0.29, 0.717) is 108 Å². The number of rotatable bonds is 33. The first-order chi connectivity index (χ1) is 48.9. The number of piperidine rings is 2. The molecule has 3 aromatic heterocycles. The third-order valence-corrected chi connectivity index (χ3v) is 20.3. The summed E-state index contributed by atoms with van der Waals surface area (Å²) in [6.45, 7) is 14.5. The van der Waals surface area contributed by atoms with E-state index in [4.69, 9.17) is 44.6 Å². The number of thiazole rings is 2. The van der Waals surface area contributed by atoms with Crippen LogP contribution in [0.2, 0.25) is 0 Å². The summed E-state index contributed by atoms with van der Waals surface area (Å²) < 4.78 is 78.0. The highest BCUT2D eigenvalue weighted by Crippen LogP contribution is 2.46. The molecular formula is C66H82N18O14S4. The van der Waals surface area contributed by atoms with Crippen molar-refractivity contribution in [3.05, 3.63) is 88.1 Å². The number of Topliss-reactive ketones (excluding diaryl/α,β-unsaturated/α-hetero) is 2. The van der Waals surface area contributed by atoms with Crippen molar-refractivity contribution >= 4 is 158 Å². The Labute approximate surface area is 598 Å². The van der Waals surface area contributed by atoms with E-state index >= 15 is 0 Å². The summed E-state index contributed by atoms with van der Waals surface area (Å²) in [6, 6.07) is 16.6. The van der Waals surface area contributed by atoms with Gasteiger partial charge >= 0.3 is 0 Å². The summed E-state index contributed by atoms with van der Waals surface area (Å²) in [5.74, 6) is -2.29. The molecule has 4 aromatic carbocycles. The molecule has 544 valence electrons. The number of nitrogens with zero attached hydrogens (tertiary/aromatic N) is 14. The lowest BCUT2D eigenvalue weighted by molar-refractivity contribution is -0.126. The average Bonchev–Trinajstić information content (AvgIpc) is 1.51. The molecule has 0 spiro atoms. The minimum Gasteiger partial charge on any atom is -0.494 e. The van der Waals surface area contributed by atoms with Gasteiger partial charge in [-0.15, -0.1) is 20.5 Å². The topological polar surface area (TPSA) is 414 Å². The molecule has 1 atom stereocenters. The smallest absolute Gasteiger partial charge is 0.294 e. The number of anilines is 11. The highest BCUT2D eigenvalue weighted by molar-refractivity contribution is 7.86. The maximum Gasteiger partial charge on any atom is 0.294 e. The van der Waals surface area contributed by atoms with Crippen molar-refractivity contribution in [1.29, 1.82) is 0 Å². The van der Waals surface area contributed by atoms with E-state index in [0.717, 1.165) is 85.5 Å². The first-order valence-corrected chi connectivity index (χ1v) is 37.5. The van der Waals surface area contributed by atoms with Crippen molar-refractivity contribution < 1.29 is 64.8 Å².